The standard InChI is InChI=1S/C31H53NO9/c1-20(26(34)25-27(35)21(2)32(4)31(25)39)17-15-13-11-9-7-5-6-8-10-12-14-16-18-23-28(36)30(38)29(37)24(41-23)19-40-22(3)33/h20-21,23-24,28-30,34,36-38H,5-19H2,1-4H3/b26-25-/t20?,21?,23-,24+,28+,29+,30+/m0/s1. The lowest BCUT2D eigenvalue weighted by Crippen LogP contribution is -2.58. The van der Waals surface area contributed by atoms with Gasteiger partial charge in [0.1, 0.15) is 42.4 Å². The van der Waals surface area contributed by atoms with Gasteiger partial charge in [-0.2, -0.15) is 0 Å². The van der Waals surface area contributed by atoms with E-state index in [2.05, 4.69) is 0 Å². The minimum atomic E-state index is -1.32. The first-order valence-corrected chi connectivity index (χ1v) is 15.5. The molecule has 2 aliphatic rings. The molecule has 0 aromatic rings. The van der Waals surface area contributed by atoms with Crippen molar-refractivity contribution in [3.05, 3.63) is 11.3 Å². The van der Waals surface area contributed by atoms with Crippen LogP contribution in [0.1, 0.15) is 111 Å². The molecular formula is C31H53NO9. The predicted octanol–water partition coefficient (Wildman–Crippen LogP) is 3.74. The van der Waals surface area contributed by atoms with E-state index < -0.39 is 42.5 Å². The molecule has 0 radical (unpaired) electrons. The molecule has 2 aliphatic heterocycles. The number of carbonyl (C=O) groups excluding carboxylic acids is 3. The molecule has 2 rings (SSSR count). The van der Waals surface area contributed by atoms with E-state index in [-0.39, 0.29) is 35.5 Å². The summed E-state index contributed by atoms with van der Waals surface area (Å²) in [6, 6.07) is -0.508. The second-order valence-electron chi connectivity index (χ2n) is 11.9. The van der Waals surface area contributed by atoms with E-state index in [9.17, 15) is 34.8 Å². The average Bonchev–Trinajstić information content (AvgIpc) is 3.13. The minimum absolute atomic E-state index is 0.0312. The first-order chi connectivity index (χ1) is 19.5. The fourth-order valence-electron chi connectivity index (χ4n) is 5.63. The first-order valence-electron chi connectivity index (χ1n) is 15.5. The van der Waals surface area contributed by atoms with Crippen LogP contribution in [0.2, 0.25) is 0 Å². The molecule has 0 bridgehead atoms. The molecule has 4 N–H and O–H groups in total. The Bertz CT molecular complexity index is 854. The SMILES string of the molecule is CC(=O)OC[C@H]1O[C@@H](CCCCCCCCCCCCCCC(C)/C(O)=C2\C(=O)C(C)N(C)C2=O)[C@@H](O)[C@@H](O)[C@@H]1O. The van der Waals surface area contributed by atoms with Gasteiger partial charge in [-0.3, -0.25) is 14.4 Å². The third kappa shape index (κ3) is 10.6. The Kier molecular flexibility index (Phi) is 15.3. The van der Waals surface area contributed by atoms with E-state index in [0.717, 1.165) is 51.4 Å². The van der Waals surface area contributed by atoms with E-state index in [1.807, 2.05) is 6.92 Å². The molecule has 2 unspecified atom stereocenters. The second-order valence-corrected chi connectivity index (χ2v) is 11.9. The highest BCUT2D eigenvalue weighted by Crippen LogP contribution is 2.28. The van der Waals surface area contributed by atoms with Gasteiger partial charge in [0.05, 0.1) is 12.1 Å². The number of allylic oxidation sites excluding steroid dienone is 1. The summed E-state index contributed by atoms with van der Waals surface area (Å²) in [6.45, 7) is 4.67. The summed E-state index contributed by atoms with van der Waals surface area (Å²) >= 11 is 0. The van der Waals surface area contributed by atoms with Crippen LogP contribution in [0.4, 0.5) is 0 Å². The molecule has 0 aromatic carbocycles. The Hall–Kier alpha value is -2.01. The number of Topliss-reactive ketones (excluding diaryl/α,β-unsaturated/α-hetero) is 1. The molecule has 236 valence electrons. The number of hydrogen-bond donors (Lipinski definition) is 4. The summed E-state index contributed by atoms with van der Waals surface area (Å²) in [5.41, 5.74) is -0.0312. The highest BCUT2D eigenvalue weighted by Gasteiger charge is 2.44. The van der Waals surface area contributed by atoms with Crippen molar-refractivity contribution in [1.29, 1.82) is 0 Å². The normalized spacial score (nSPS) is 28.7. The smallest absolute Gasteiger partial charge is 0.302 e. The number of carbonyl (C=O) groups is 3. The molecule has 10 nitrogen and oxygen atoms in total. The van der Waals surface area contributed by atoms with Crippen molar-refractivity contribution in [3.63, 3.8) is 0 Å². The maximum Gasteiger partial charge on any atom is 0.302 e. The molecule has 2 saturated heterocycles. The monoisotopic (exact) mass is 583 g/mol. The summed E-state index contributed by atoms with van der Waals surface area (Å²) < 4.78 is 10.6. The summed E-state index contributed by atoms with van der Waals surface area (Å²) in [5, 5.41) is 40.9. The molecule has 41 heavy (non-hydrogen) atoms. The largest absolute Gasteiger partial charge is 0.511 e. The van der Waals surface area contributed by atoms with E-state index in [1.54, 1.807) is 14.0 Å². The van der Waals surface area contributed by atoms with Crippen LogP contribution < -0.4 is 0 Å². The van der Waals surface area contributed by atoms with Crippen molar-refractivity contribution in [1.82, 2.24) is 4.90 Å². The molecule has 1 amide bonds. The molecule has 0 spiro atoms. The number of rotatable bonds is 18. The van der Waals surface area contributed by atoms with Crippen LogP contribution in [-0.2, 0) is 23.9 Å². The molecule has 2 fully saturated rings. The van der Waals surface area contributed by atoms with Gasteiger partial charge < -0.3 is 34.8 Å². The lowest BCUT2D eigenvalue weighted by Gasteiger charge is -2.40. The van der Waals surface area contributed by atoms with Crippen LogP contribution in [0.25, 0.3) is 0 Å². The van der Waals surface area contributed by atoms with Crippen molar-refractivity contribution in [2.75, 3.05) is 13.7 Å². The van der Waals surface area contributed by atoms with Crippen molar-refractivity contribution >= 4 is 17.7 Å². The van der Waals surface area contributed by atoms with Gasteiger partial charge in [-0.05, 0) is 19.8 Å². The van der Waals surface area contributed by atoms with Gasteiger partial charge in [-0.25, -0.2) is 0 Å². The van der Waals surface area contributed by atoms with Crippen LogP contribution in [-0.4, -0.2) is 93.2 Å². The van der Waals surface area contributed by atoms with Crippen LogP contribution in [0.15, 0.2) is 11.3 Å². The molecule has 0 aromatic heterocycles. The number of esters is 1. The predicted molar refractivity (Wildman–Crippen MR) is 154 cm³/mol. The van der Waals surface area contributed by atoms with E-state index >= 15 is 0 Å². The number of aliphatic hydroxyl groups excluding tert-OH is 4. The number of nitrogens with zero attached hydrogens (tertiary/aromatic N) is 1. The quantitative estimate of drug-likeness (QED) is 0.0621. The third-order valence-corrected chi connectivity index (χ3v) is 8.60. The second kappa shape index (κ2) is 17.8. The van der Waals surface area contributed by atoms with Gasteiger partial charge in [0.15, 0.2) is 5.78 Å². The van der Waals surface area contributed by atoms with Crippen LogP contribution >= 0.6 is 0 Å². The molecule has 2 heterocycles. The van der Waals surface area contributed by atoms with Gasteiger partial charge in [-0.1, -0.05) is 84.0 Å². The fraction of sp³-hybridized carbons (Fsp3) is 0.839. The van der Waals surface area contributed by atoms with Crippen LogP contribution in [0.5, 0.6) is 0 Å². The maximum absolute atomic E-state index is 12.3. The number of aliphatic hydroxyl groups is 4. The third-order valence-electron chi connectivity index (χ3n) is 8.60. The highest BCUT2D eigenvalue weighted by molar-refractivity contribution is 6.26. The van der Waals surface area contributed by atoms with E-state index in [0.29, 0.717) is 6.42 Å². The summed E-state index contributed by atoms with van der Waals surface area (Å²) in [4.78, 5) is 36.9. The van der Waals surface area contributed by atoms with Crippen molar-refractivity contribution < 1.29 is 44.3 Å². The molecule has 7 atom stereocenters. The highest BCUT2D eigenvalue weighted by atomic mass is 16.6. The number of likely N-dealkylation sites (N-methyl/N-ethyl adjacent to an activating group) is 1. The molecule has 0 aliphatic carbocycles. The van der Waals surface area contributed by atoms with Crippen LogP contribution in [0, 0.1) is 5.92 Å². The topological polar surface area (TPSA) is 154 Å². The van der Waals surface area contributed by atoms with Gasteiger partial charge in [0.25, 0.3) is 5.91 Å². The Morgan fingerprint density at radius 2 is 1.34 bits per heavy atom. The zero-order valence-corrected chi connectivity index (χ0v) is 25.4. The molecule has 10 heteroatoms. The number of ketones is 1. The number of ether oxygens (including phenoxy) is 2. The lowest BCUT2D eigenvalue weighted by molar-refractivity contribution is -0.233. The van der Waals surface area contributed by atoms with Crippen molar-refractivity contribution in [3.8, 4) is 0 Å². The molecular weight excluding hydrogens is 530 g/mol. The maximum atomic E-state index is 12.3. The van der Waals surface area contributed by atoms with Crippen molar-refractivity contribution in [2.24, 2.45) is 5.92 Å². The van der Waals surface area contributed by atoms with Gasteiger partial charge in [0, 0.05) is 19.9 Å². The first kappa shape index (κ1) is 35.2. The summed E-state index contributed by atoms with van der Waals surface area (Å²) in [5.74, 6) is -1.40. The Morgan fingerprint density at radius 3 is 1.83 bits per heavy atom. The van der Waals surface area contributed by atoms with E-state index in [1.165, 1.54) is 43.9 Å². The zero-order valence-electron chi connectivity index (χ0n) is 25.4. The number of unbranched alkanes of at least 4 members (excludes halogenated alkanes) is 11. The number of amides is 1. The fourth-order valence-corrected chi connectivity index (χ4v) is 5.63. The number of likely N-dealkylation sites (tertiary alicyclic amines) is 1. The molecule has 0 saturated carbocycles. The zero-order chi connectivity index (χ0) is 30.5. The minimum Gasteiger partial charge on any atom is -0.511 e. The van der Waals surface area contributed by atoms with Gasteiger partial charge >= 0.3 is 5.97 Å². The van der Waals surface area contributed by atoms with Crippen LogP contribution in [0.3, 0.4) is 0 Å². The van der Waals surface area contributed by atoms with Gasteiger partial charge in [-0.15, -0.1) is 0 Å². The van der Waals surface area contributed by atoms with E-state index in [4.69, 9.17) is 9.47 Å². The summed E-state index contributed by atoms with van der Waals surface area (Å²) in [7, 11) is 1.59. The average molecular weight is 584 g/mol. The Labute approximate surface area is 245 Å². The number of hydrogen-bond acceptors (Lipinski definition) is 9. The lowest BCUT2D eigenvalue weighted by atomic mass is 9.92. The Balaban J connectivity index is 1.46. The van der Waals surface area contributed by atoms with Gasteiger partial charge in [0.2, 0.25) is 0 Å². The Morgan fingerprint density at radius 1 is 0.854 bits per heavy atom. The van der Waals surface area contributed by atoms with Crippen molar-refractivity contribution in [2.45, 2.75) is 147 Å². The summed E-state index contributed by atoms with van der Waals surface area (Å²) in [6.07, 6.45) is 9.40.